The number of nitrogens with zero attached hydrogens (tertiary/aromatic N) is 3. The molecule has 1 aliphatic carbocycles. The summed E-state index contributed by atoms with van der Waals surface area (Å²) in [6.07, 6.45) is 13.2. The molecule has 1 aliphatic rings. The Balaban J connectivity index is 1.70. The second kappa shape index (κ2) is 14.6. The number of thiophene rings is 1. The zero-order valence-electron chi connectivity index (χ0n) is 24.4. The maximum atomic E-state index is 13.7. The van der Waals surface area contributed by atoms with E-state index in [1.807, 2.05) is 6.08 Å². The van der Waals surface area contributed by atoms with Crippen molar-refractivity contribution in [3.8, 4) is 0 Å². The Morgan fingerprint density at radius 2 is 2.05 bits per heavy atom. The van der Waals surface area contributed by atoms with Crippen molar-refractivity contribution >= 4 is 23.0 Å². The topological polar surface area (TPSA) is 67.2 Å². The number of ketones is 1. The number of amides is 1. The van der Waals surface area contributed by atoms with Crippen LogP contribution in [0, 0.1) is 18.0 Å². The fraction of sp³-hybridized carbons (Fsp3) is 0.581. The first-order chi connectivity index (χ1) is 18.7. The molecular weight excluding hydrogens is 511 g/mol. The fourth-order valence-electron chi connectivity index (χ4n) is 5.27. The number of hydrogen-bond acceptors (Lipinski definition) is 5. The van der Waals surface area contributed by atoms with Gasteiger partial charge in [-0.3, -0.25) is 9.59 Å². The first-order valence-electron chi connectivity index (χ1n) is 14.3. The molecule has 0 aliphatic heterocycles. The molecule has 0 aromatic carbocycles. The van der Waals surface area contributed by atoms with Crippen LogP contribution in [0.2, 0.25) is 0 Å². The van der Waals surface area contributed by atoms with E-state index < -0.39 is 0 Å². The molecule has 3 rings (SSSR count). The number of nitrogens with one attached hydrogen (secondary N) is 1. The smallest absolute Gasteiger partial charge is 0.217 e. The molecule has 2 aromatic heterocycles. The molecule has 8 heteroatoms. The number of aromatic nitrogens is 2. The standard InChI is InChI=1S/C31H45FN4O2S/c1-7-24(35(6)19-18-27(34-22(5)37)30-16-17-31(32)39-30)20-25(8-2)36-21(4)33-26(9-3)28(36)12-10-11-13-29(38)23-14-15-23/h7,11,13,16-17,23,25,27H,8-10,12,14-15,18-20H2,1-6H3,(H,34,37)/b13-11+,24-7-/t25?,27-/m0/s1. The van der Waals surface area contributed by atoms with E-state index in [2.05, 4.69) is 55.6 Å². The van der Waals surface area contributed by atoms with Gasteiger partial charge in [0.2, 0.25) is 5.91 Å². The molecule has 214 valence electrons. The van der Waals surface area contributed by atoms with E-state index in [1.54, 1.807) is 12.1 Å². The SMILES string of the molecule is C/C=C(/CC(CC)n1c(C)nc(CC)c1CC/C=C/C(=O)C1CC1)N(C)CC[C@H](NC(C)=O)c1ccc(F)s1. The molecule has 6 nitrogen and oxygen atoms in total. The van der Waals surface area contributed by atoms with Gasteiger partial charge in [-0.2, -0.15) is 4.39 Å². The van der Waals surface area contributed by atoms with Crippen LogP contribution in [0.1, 0.15) is 100 Å². The summed E-state index contributed by atoms with van der Waals surface area (Å²) in [4.78, 5) is 31.9. The van der Waals surface area contributed by atoms with Crippen LogP contribution in [-0.2, 0) is 22.4 Å². The van der Waals surface area contributed by atoms with E-state index in [-0.39, 0.29) is 34.8 Å². The highest BCUT2D eigenvalue weighted by molar-refractivity contribution is 7.10. The second-order valence-electron chi connectivity index (χ2n) is 10.5. The van der Waals surface area contributed by atoms with Crippen molar-refractivity contribution in [3.63, 3.8) is 0 Å². The third kappa shape index (κ3) is 8.62. The molecule has 0 bridgehead atoms. The molecule has 2 heterocycles. The van der Waals surface area contributed by atoms with Gasteiger partial charge in [-0.15, -0.1) is 11.3 Å². The lowest BCUT2D eigenvalue weighted by Gasteiger charge is -2.29. The molecule has 0 radical (unpaired) electrons. The van der Waals surface area contributed by atoms with Gasteiger partial charge >= 0.3 is 0 Å². The Hall–Kier alpha value is -2.74. The van der Waals surface area contributed by atoms with Crippen molar-refractivity contribution in [2.45, 2.75) is 98.1 Å². The molecule has 0 saturated heterocycles. The number of aryl methyl sites for hydroxylation is 2. The van der Waals surface area contributed by atoms with Gasteiger partial charge in [-0.05, 0) is 77.0 Å². The zero-order valence-corrected chi connectivity index (χ0v) is 25.2. The van der Waals surface area contributed by atoms with Gasteiger partial charge in [0.15, 0.2) is 10.9 Å². The average Bonchev–Trinajstić information content (AvgIpc) is 3.60. The lowest BCUT2D eigenvalue weighted by molar-refractivity contribution is -0.119. The molecule has 39 heavy (non-hydrogen) atoms. The Kier molecular flexibility index (Phi) is 11.5. The Labute approximate surface area is 237 Å². The van der Waals surface area contributed by atoms with Crippen molar-refractivity contribution in [1.82, 2.24) is 19.8 Å². The maximum Gasteiger partial charge on any atom is 0.217 e. The molecular formula is C31H45FN4O2S. The molecule has 1 fully saturated rings. The summed E-state index contributed by atoms with van der Waals surface area (Å²) in [7, 11) is 2.09. The predicted octanol–water partition coefficient (Wildman–Crippen LogP) is 6.87. The Bertz CT molecular complexity index is 1180. The van der Waals surface area contributed by atoms with Crippen LogP contribution < -0.4 is 5.32 Å². The number of hydrogen-bond donors (Lipinski definition) is 1. The van der Waals surface area contributed by atoms with Crippen LogP contribution >= 0.6 is 11.3 Å². The summed E-state index contributed by atoms with van der Waals surface area (Å²) < 4.78 is 16.1. The summed E-state index contributed by atoms with van der Waals surface area (Å²) in [6.45, 7) is 10.8. The first-order valence-corrected chi connectivity index (χ1v) is 15.2. The van der Waals surface area contributed by atoms with Crippen molar-refractivity contribution in [2.24, 2.45) is 5.92 Å². The molecule has 1 N–H and O–H groups in total. The van der Waals surface area contributed by atoms with Gasteiger partial charge in [0, 0.05) is 55.2 Å². The number of imidazole rings is 1. The molecule has 1 unspecified atom stereocenters. The van der Waals surface area contributed by atoms with Crippen LogP contribution in [0.15, 0.2) is 36.1 Å². The maximum absolute atomic E-state index is 13.7. The van der Waals surface area contributed by atoms with Crippen LogP contribution in [0.4, 0.5) is 4.39 Å². The van der Waals surface area contributed by atoms with Gasteiger partial charge in [-0.1, -0.05) is 26.0 Å². The Morgan fingerprint density at radius 1 is 1.31 bits per heavy atom. The molecule has 1 amide bonds. The number of allylic oxidation sites excluding steroid dienone is 4. The average molecular weight is 557 g/mol. The van der Waals surface area contributed by atoms with Gasteiger partial charge in [0.1, 0.15) is 5.82 Å². The van der Waals surface area contributed by atoms with Gasteiger partial charge < -0.3 is 14.8 Å². The third-order valence-electron chi connectivity index (χ3n) is 7.59. The molecule has 1 saturated carbocycles. The van der Waals surface area contributed by atoms with Crippen molar-refractivity contribution in [3.05, 3.63) is 63.3 Å². The number of halogens is 1. The van der Waals surface area contributed by atoms with Crippen LogP contribution in [-0.4, -0.2) is 39.7 Å². The summed E-state index contributed by atoms with van der Waals surface area (Å²) in [5, 5.41) is 2.74. The minimum Gasteiger partial charge on any atom is -0.378 e. The Morgan fingerprint density at radius 3 is 2.62 bits per heavy atom. The molecule has 0 spiro atoms. The summed E-state index contributed by atoms with van der Waals surface area (Å²) in [5.74, 6) is 1.46. The van der Waals surface area contributed by atoms with Gasteiger partial charge in [0.25, 0.3) is 0 Å². The van der Waals surface area contributed by atoms with Gasteiger partial charge in [-0.25, -0.2) is 4.98 Å². The largest absolute Gasteiger partial charge is 0.378 e. The number of rotatable bonds is 16. The molecule has 2 aromatic rings. The van der Waals surface area contributed by atoms with Crippen LogP contribution in [0.3, 0.4) is 0 Å². The quantitative estimate of drug-likeness (QED) is 0.229. The van der Waals surface area contributed by atoms with E-state index in [1.165, 1.54) is 24.4 Å². The summed E-state index contributed by atoms with van der Waals surface area (Å²) in [6, 6.07) is 3.26. The highest BCUT2D eigenvalue weighted by Gasteiger charge is 2.27. The minimum atomic E-state index is -0.239. The van der Waals surface area contributed by atoms with Gasteiger partial charge in [0.05, 0.1) is 11.7 Å². The first kappa shape index (κ1) is 30.8. The number of carbonyl (C=O) groups is 2. The van der Waals surface area contributed by atoms with Crippen molar-refractivity contribution in [2.75, 3.05) is 13.6 Å². The molecule has 2 atom stereocenters. The van der Waals surface area contributed by atoms with Crippen LogP contribution in [0.25, 0.3) is 0 Å². The fourth-order valence-corrected chi connectivity index (χ4v) is 6.09. The summed E-state index contributed by atoms with van der Waals surface area (Å²) in [5.41, 5.74) is 3.64. The van der Waals surface area contributed by atoms with E-state index in [0.717, 1.165) is 79.2 Å². The number of carbonyl (C=O) groups excluding carboxylic acids is 2. The van der Waals surface area contributed by atoms with Crippen molar-refractivity contribution in [1.29, 1.82) is 0 Å². The predicted molar refractivity (Wildman–Crippen MR) is 157 cm³/mol. The van der Waals surface area contributed by atoms with E-state index in [4.69, 9.17) is 4.98 Å². The monoisotopic (exact) mass is 556 g/mol. The normalized spacial score (nSPS) is 15.5. The highest BCUT2D eigenvalue weighted by Crippen LogP contribution is 2.31. The van der Waals surface area contributed by atoms with E-state index in [0.29, 0.717) is 6.42 Å². The zero-order chi connectivity index (χ0) is 28.5. The van der Waals surface area contributed by atoms with Crippen molar-refractivity contribution < 1.29 is 14.0 Å². The lowest BCUT2D eigenvalue weighted by atomic mass is 10.0. The summed E-state index contributed by atoms with van der Waals surface area (Å²) >= 11 is 1.09. The third-order valence-corrected chi connectivity index (χ3v) is 8.57. The highest BCUT2D eigenvalue weighted by atomic mass is 32.1. The lowest BCUT2D eigenvalue weighted by Crippen LogP contribution is -2.30. The minimum absolute atomic E-state index is 0.115. The van der Waals surface area contributed by atoms with Crippen LogP contribution in [0.5, 0.6) is 0 Å². The van der Waals surface area contributed by atoms with E-state index >= 15 is 0 Å². The van der Waals surface area contributed by atoms with E-state index in [9.17, 15) is 14.0 Å². The second-order valence-corrected chi connectivity index (χ2v) is 11.6.